The third kappa shape index (κ3) is 5.21. The Balaban J connectivity index is 1.88. The smallest absolute Gasteiger partial charge is 0.362 e. The van der Waals surface area contributed by atoms with Crippen LogP contribution in [0.4, 0.5) is 5.69 Å². The van der Waals surface area contributed by atoms with Crippen LogP contribution in [0.2, 0.25) is 0 Å². The number of esters is 1. The summed E-state index contributed by atoms with van der Waals surface area (Å²) in [6, 6.07) is 14.0. The van der Waals surface area contributed by atoms with Crippen LogP contribution in [0.25, 0.3) is 5.69 Å². The number of para-hydroxylation sites is 1. The fourth-order valence-corrected chi connectivity index (χ4v) is 3.06. The second-order valence-corrected chi connectivity index (χ2v) is 7.27. The third-order valence-corrected chi connectivity index (χ3v) is 4.74. The lowest BCUT2D eigenvalue weighted by Crippen LogP contribution is -2.27. The van der Waals surface area contributed by atoms with E-state index in [1.54, 1.807) is 19.1 Å². The molecule has 0 aliphatic carbocycles. The Kier molecular flexibility index (Phi) is 7.04. The highest BCUT2D eigenvalue weighted by Crippen LogP contribution is 2.19. The van der Waals surface area contributed by atoms with Gasteiger partial charge in [-0.25, -0.2) is 4.79 Å². The van der Waals surface area contributed by atoms with Crippen LogP contribution >= 0.6 is 0 Å². The van der Waals surface area contributed by atoms with Crippen LogP contribution in [0.1, 0.15) is 34.1 Å². The predicted octanol–water partition coefficient (Wildman–Crippen LogP) is 3.35. The summed E-state index contributed by atoms with van der Waals surface area (Å²) in [4.78, 5) is 37.6. The molecule has 166 valence electrons. The van der Waals surface area contributed by atoms with E-state index < -0.39 is 24.0 Å². The fraction of sp³-hybridized carbons (Fsp3) is 0.250. The molecule has 3 aromatic rings. The van der Waals surface area contributed by atoms with Crippen LogP contribution in [-0.2, 0) is 9.53 Å². The van der Waals surface area contributed by atoms with Gasteiger partial charge in [-0.2, -0.15) is 9.78 Å². The molecule has 0 aliphatic rings. The Morgan fingerprint density at radius 3 is 2.50 bits per heavy atom. The first-order chi connectivity index (χ1) is 15.3. The van der Waals surface area contributed by atoms with Crippen molar-refractivity contribution >= 4 is 17.6 Å². The first kappa shape index (κ1) is 22.7. The van der Waals surface area contributed by atoms with Crippen molar-refractivity contribution in [3.63, 3.8) is 0 Å². The average molecular weight is 435 g/mol. The molecule has 0 atom stereocenters. The standard InChI is InChI=1S/C24H25N3O5/c1-5-31-24(30)23-20(13-22(29)27(26-23)19-9-7-6-8-17(19)4)32-14-21(28)25-18-12-15(2)10-11-16(18)3/h6-13H,5,14H2,1-4H3,(H,25,28). The molecule has 0 spiro atoms. The number of carbonyl (C=O) groups is 2. The predicted molar refractivity (Wildman–Crippen MR) is 121 cm³/mol. The van der Waals surface area contributed by atoms with Gasteiger partial charge in [0.15, 0.2) is 12.4 Å². The molecule has 0 bridgehead atoms. The summed E-state index contributed by atoms with van der Waals surface area (Å²) in [5.41, 5.74) is 3.21. The van der Waals surface area contributed by atoms with Gasteiger partial charge in [0.05, 0.1) is 18.4 Å². The SMILES string of the molecule is CCOC(=O)c1nn(-c2ccccc2C)c(=O)cc1OCC(=O)Nc1cc(C)ccc1C. The van der Waals surface area contributed by atoms with Crippen molar-refractivity contribution in [1.29, 1.82) is 0 Å². The van der Waals surface area contributed by atoms with Crippen LogP contribution in [0, 0.1) is 20.8 Å². The molecule has 32 heavy (non-hydrogen) atoms. The summed E-state index contributed by atoms with van der Waals surface area (Å²) < 4.78 is 11.7. The van der Waals surface area contributed by atoms with Gasteiger partial charge in [0.25, 0.3) is 11.5 Å². The Labute approximate surface area is 185 Å². The average Bonchev–Trinajstić information content (AvgIpc) is 2.75. The number of aromatic nitrogens is 2. The van der Waals surface area contributed by atoms with Gasteiger partial charge < -0.3 is 14.8 Å². The van der Waals surface area contributed by atoms with E-state index in [0.717, 1.165) is 27.4 Å². The van der Waals surface area contributed by atoms with Gasteiger partial charge in [-0.3, -0.25) is 9.59 Å². The number of anilines is 1. The van der Waals surface area contributed by atoms with E-state index in [2.05, 4.69) is 10.4 Å². The van der Waals surface area contributed by atoms with E-state index in [-0.39, 0.29) is 18.1 Å². The summed E-state index contributed by atoms with van der Waals surface area (Å²) in [5.74, 6) is -1.30. The Bertz CT molecular complexity index is 1220. The van der Waals surface area contributed by atoms with Crippen LogP contribution < -0.4 is 15.6 Å². The highest BCUT2D eigenvalue weighted by Gasteiger charge is 2.21. The molecular weight excluding hydrogens is 410 g/mol. The quantitative estimate of drug-likeness (QED) is 0.572. The minimum Gasteiger partial charge on any atom is -0.481 e. The number of hydrogen-bond donors (Lipinski definition) is 1. The lowest BCUT2D eigenvalue weighted by Gasteiger charge is -2.14. The van der Waals surface area contributed by atoms with Crippen LogP contribution in [0.3, 0.4) is 0 Å². The number of amides is 1. The van der Waals surface area contributed by atoms with Crippen molar-refractivity contribution in [2.45, 2.75) is 27.7 Å². The Hall–Kier alpha value is -3.94. The molecule has 0 radical (unpaired) electrons. The zero-order chi connectivity index (χ0) is 23.3. The number of nitrogens with zero attached hydrogens (tertiary/aromatic N) is 2. The van der Waals surface area contributed by atoms with Crippen molar-refractivity contribution in [3.05, 3.63) is 81.3 Å². The molecule has 0 unspecified atom stereocenters. The van der Waals surface area contributed by atoms with Gasteiger partial charge in [0, 0.05) is 5.69 Å². The number of nitrogens with one attached hydrogen (secondary N) is 1. The minimum absolute atomic E-state index is 0.116. The maximum Gasteiger partial charge on any atom is 0.362 e. The van der Waals surface area contributed by atoms with Gasteiger partial charge >= 0.3 is 5.97 Å². The summed E-state index contributed by atoms with van der Waals surface area (Å²) in [5, 5.41) is 6.95. The fourth-order valence-electron chi connectivity index (χ4n) is 3.06. The van der Waals surface area contributed by atoms with Crippen molar-refractivity contribution in [3.8, 4) is 11.4 Å². The molecule has 0 fully saturated rings. The van der Waals surface area contributed by atoms with Crippen molar-refractivity contribution < 1.29 is 19.1 Å². The third-order valence-electron chi connectivity index (χ3n) is 4.74. The lowest BCUT2D eigenvalue weighted by molar-refractivity contribution is -0.118. The molecule has 0 aliphatic heterocycles. The van der Waals surface area contributed by atoms with E-state index in [9.17, 15) is 14.4 Å². The van der Waals surface area contributed by atoms with E-state index in [1.807, 2.05) is 51.1 Å². The number of rotatable bonds is 7. The lowest BCUT2D eigenvalue weighted by atomic mass is 10.1. The molecule has 1 amide bonds. The summed E-state index contributed by atoms with van der Waals surface area (Å²) in [7, 11) is 0. The van der Waals surface area contributed by atoms with Gasteiger partial charge in [0.1, 0.15) is 0 Å². The zero-order valence-corrected chi connectivity index (χ0v) is 18.5. The molecule has 8 nitrogen and oxygen atoms in total. The Morgan fingerprint density at radius 1 is 1.03 bits per heavy atom. The van der Waals surface area contributed by atoms with E-state index in [0.29, 0.717) is 11.4 Å². The molecule has 3 rings (SSSR count). The molecule has 1 heterocycles. The second kappa shape index (κ2) is 9.91. The normalized spacial score (nSPS) is 10.5. The van der Waals surface area contributed by atoms with E-state index in [1.165, 1.54) is 0 Å². The molecule has 0 saturated carbocycles. The monoisotopic (exact) mass is 435 g/mol. The topological polar surface area (TPSA) is 99.5 Å². The van der Waals surface area contributed by atoms with Crippen LogP contribution in [0.15, 0.2) is 53.3 Å². The van der Waals surface area contributed by atoms with Crippen molar-refractivity contribution in [2.24, 2.45) is 0 Å². The maximum absolute atomic E-state index is 12.7. The van der Waals surface area contributed by atoms with Crippen molar-refractivity contribution in [2.75, 3.05) is 18.5 Å². The van der Waals surface area contributed by atoms with Gasteiger partial charge in [-0.05, 0) is 56.5 Å². The summed E-state index contributed by atoms with van der Waals surface area (Å²) in [6.45, 7) is 7.01. The molecule has 1 aromatic heterocycles. The summed E-state index contributed by atoms with van der Waals surface area (Å²) in [6.07, 6.45) is 0. The molecule has 0 saturated heterocycles. The highest BCUT2D eigenvalue weighted by atomic mass is 16.5. The molecule has 8 heteroatoms. The van der Waals surface area contributed by atoms with Crippen LogP contribution in [0.5, 0.6) is 5.75 Å². The number of benzene rings is 2. The molecular formula is C24H25N3O5. The minimum atomic E-state index is -0.750. The van der Waals surface area contributed by atoms with Gasteiger partial charge in [-0.1, -0.05) is 30.3 Å². The second-order valence-electron chi connectivity index (χ2n) is 7.27. The van der Waals surface area contributed by atoms with Gasteiger partial charge in [0.2, 0.25) is 5.69 Å². The number of hydrogen-bond acceptors (Lipinski definition) is 6. The maximum atomic E-state index is 12.7. The largest absolute Gasteiger partial charge is 0.481 e. The number of carbonyl (C=O) groups excluding carboxylic acids is 2. The summed E-state index contributed by atoms with van der Waals surface area (Å²) >= 11 is 0. The van der Waals surface area contributed by atoms with E-state index >= 15 is 0 Å². The molecule has 1 N–H and O–H groups in total. The zero-order valence-electron chi connectivity index (χ0n) is 18.5. The highest BCUT2D eigenvalue weighted by molar-refractivity contribution is 5.93. The molecule has 2 aromatic carbocycles. The number of aryl methyl sites for hydroxylation is 3. The number of ether oxygens (including phenoxy) is 2. The van der Waals surface area contributed by atoms with E-state index in [4.69, 9.17) is 9.47 Å². The first-order valence-electron chi connectivity index (χ1n) is 10.2. The van der Waals surface area contributed by atoms with Crippen molar-refractivity contribution in [1.82, 2.24) is 9.78 Å². The van der Waals surface area contributed by atoms with Gasteiger partial charge in [-0.15, -0.1) is 0 Å². The van der Waals surface area contributed by atoms with Crippen LogP contribution in [-0.4, -0.2) is 34.9 Å². The Morgan fingerprint density at radius 2 is 1.78 bits per heavy atom. The first-order valence-corrected chi connectivity index (χ1v) is 10.2.